The number of aromatic nitrogens is 3. The van der Waals surface area contributed by atoms with Crippen molar-refractivity contribution in [2.75, 3.05) is 13.1 Å². The Kier molecular flexibility index (Phi) is 4.68. The standard InChI is InChI=1S/C20H22N4OS/c1-14-3-5-16(6-4-14)26-17-7-9-24(10-8-17)20(25)15-11-18-19(21-12-15)23(2)13-22-18/h3-6,11-13,17H,7-10H2,1-2H3. The van der Waals surface area contributed by atoms with E-state index in [9.17, 15) is 4.79 Å². The molecule has 1 aliphatic heterocycles. The van der Waals surface area contributed by atoms with Crippen LogP contribution in [0.2, 0.25) is 0 Å². The lowest BCUT2D eigenvalue weighted by Crippen LogP contribution is -2.39. The van der Waals surface area contributed by atoms with Gasteiger partial charge in [-0.15, -0.1) is 11.8 Å². The van der Waals surface area contributed by atoms with Gasteiger partial charge >= 0.3 is 0 Å². The molecule has 0 spiro atoms. The highest BCUT2D eigenvalue weighted by Gasteiger charge is 2.24. The van der Waals surface area contributed by atoms with E-state index in [1.54, 1.807) is 12.5 Å². The van der Waals surface area contributed by atoms with Gasteiger partial charge in [-0.1, -0.05) is 17.7 Å². The smallest absolute Gasteiger partial charge is 0.255 e. The molecule has 2 aromatic heterocycles. The average Bonchev–Trinajstić information content (AvgIpc) is 3.04. The van der Waals surface area contributed by atoms with Crippen LogP contribution in [0.25, 0.3) is 11.2 Å². The molecular formula is C20H22N4OS. The van der Waals surface area contributed by atoms with E-state index in [-0.39, 0.29) is 5.91 Å². The first-order valence-corrected chi connectivity index (χ1v) is 9.78. The van der Waals surface area contributed by atoms with Gasteiger partial charge in [0.2, 0.25) is 0 Å². The fourth-order valence-electron chi connectivity index (χ4n) is 3.30. The molecule has 134 valence electrons. The zero-order chi connectivity index (χ0) is 18.1. The molecule has 26 heavy (non-hydrogen) atoms. The first-order valence-electron chi connectivity index (χ1n) is 8.90. The van der Waals surface area contributed by atoms with Crippen molar-refractivity contribution in [2.45, 2.75) is 29.9 Å². The Morgan fingerprint density at radius 3 is 2.62 bits per heavy atom. The highest BCUT2D eigenvalue weighted by Crippen LogP contribution is 2.31. The normalized spacial score (nSPS) is 15.5. The number of benzene rings is 1. The zero-order valence-electron chi connectivity index (χ0n) is 15.1. The summed E-state index contributed by atoms with van der Waals surface area (Å²) in [5.74, 6) is 0.0591. The number of amides is 1. The maximum atomic E-state index is 12.8. The predicted molar refractivity (Wildman–Crippen MR) is 104 cm³/mol. The third kappa shape index (κ3) is 3.46. The Hall–Kier alpha value is -2.34. The Balaban J connectivity index is 1.38. The number of nitrogens with zero attached hydrogens (tertiary/aromatic N) is 4. The lowest BCUT2D eigenvalue weighted by atomic mass is 10.1. The lowest BCUT2D eigenvalue weighted by Gasteiger charge is -2.31. The van der Waals surface area contributed by atoms with Crippen LogP contribution in [-0.2, 0) is 7.05 Å². The molecule has 4 rings (SSSR count). The van der Waals surface area contributed by atoms with Crippen LogP contribution >= 0.6 is 11.8 Å². The van der Waals surface area contributed by atoms with Gasteiger partial charge in [-0.05, 0) is 38.0 Å². The molecule has 0 aliphatic carbocycles. The minimum Gasteiger partial charge on any atom is -0.339 e. The third-order valence-corrected chi connectivity index (χ3v) is 6.20. The van der Waals surface area contributed by atoms with Crippen LogP contribution in [0.3, 0.4) is 0 Å². The van der Waals surface area contributed by atoms with Gasteiger partial charge in [0.1, 0.15) is 5.52 Å². The van der Waals surface area contributed by atoms with Gasteiger partial charge in [0, 0.05) is 36.5 Å². The molecule has 1 fully saturated rings. The van der Waals surface area contributed by atoms with Gasteiger partial charge in [0.25, 0.3) is 5.91 Å². The number of carbonyl (C=O) groups excluding carboxylic acids is 1. The monoisotopic (exact) mass is 366 g/mol. The number of piperidine rings is 1. The molecule has 3 heterocycles. The highest BCUT2D eigenvalue weighted by atomic mass is 32.2. The van der Waals surface area contributed by atoms with E-state index < -0.39 is 0 Å². The van der Waals surface area contributed by atoms with Crippen LogP contribution in [0.15, 0.2) is 47.8 Å². The molecule has 5 nitrogen and oxygen atoms in total. The Labute approximate surface area is 157 Å². The van der Waals surface area contributed by atoms with E-state index in [1.807, 2.05) is 34.3 Å². The molecule has 1 saturated heterocycles. The van der Waals surface area contributed by atoms with Crippen molar-refractivity contribution in [2.24, 2.45) is 7.05 Å². The Morgan fingerprint density at radius 2 is 1.88 bits per heavy atom. The number of imidazole rings is 1. The summed E-state index contributed by atoms with van der Waals surface area (Å²) in [6.45, 7) is 3.70. The fourth-order valence-corrected chi connectivity index (χ4v) is 4.43. The van der Waals surface area contributed by atoms with E-state index in [0.29, 0.717) is 10.8 Å². The Morgan fingerprint density at radius 1 is 1.15 bits per heavy atom. The van der Waals surface area contributed by atoms with E-state index >= 15 is 0 Å². The van der Waals surface area contributed by atoms with E-state index in [0.717, 1.165) is 37.1 Å². The molecule has 6 heteroatoms. The summed E-state index contributed by atoms with van der Waals surface area (Å²) in [6.07, 6.45) is 5.42. The minimum absolute atomic E-state index is 0.0591. The number of likely N-dealkylation sites (tertiary alicyclic amines) is 1. The van der Waals surface area contributed by atoms with E-state index in [2.05, 4.69) is 41.2 Å². The van der Waals surface area contributed by atoms with E-state index in [4.69, 9.17) is 0 Å². The second-order valence-electron chi connectivity index (χ2n) is 6.84. The van der Waals surface area contributed by atoms with Crippen LogP contribution in [0, 0.1) is 6.92 Å². The molecule has 1 aromatic carbocycles. The number of hydrogen-bond acceptors (Lipinski definition) is 4. The molecule has 3 aromatic rings. The maximum absolute atomic E-state index is 12.8. The minimum atomic E-state index is 0.0591. The van der Waals surface area contributed by atoms with Gasteiger partial charge in [-0.2, -0.15) is 0 Å². The summed E-state index contributed by atoms with van der Waals surface area (Å²) in [5, 5.41) is 0.568. The van der Waals surface area contributed by atoms with Crippen LogP contribution in [0.5, 0.6) is 0 Å². The SMILES string of the molecule is Cc1ccc(SC2CCN(C(=O)c3cnc4c(c3)ncn4C)CC2)cc1. The number of aryl methyl sites for hydroxylation is 2. The first kappa shape index (κ1) is 17.1. The molecule has 0 saturated carbocycles. The van der Waals surface area contributed by atoms with Gasteiger partial charge < -0.3 is 9.47 Å². The van der Waals surface area contributed by atoms with Gasteiger partial charge in [-0.25, -0.2) is 9.97 Å². The van der Waals surface area contributed by atoms with Crippen LogP contribution in [0.1, 0.15) is 28.8 Å². The largest absolute Gasteiger partial charge is 0.339 e. The summed E-state index contributed by atoms with van der Waals surface area (Å²) in [4.78, 5) is 24.7. The van der Waals surface area contributed by atoms with Crippen molar-refractivity contribution in [3.05, 3.63) is 54.0 Å². The van der Waals surface area contributed by atoms with Crippen LogP contribution < -0.4 is 0 Å². The molecule has 1 aliphatic rings. The number of carbonyl (C=O) groups is 1. The van der Waals surface area contributed by atoms with Crippen molar-refractivity contribution >= 4 is 28.8 Å². The summed E-state index contributed by atoms with van der Waals surface area (Å²) in [5.41, 5.74) is 3.48. The first-order chi connectivity index (χ1) is 12.6. The molecular weight excluding hydrogens is 344 g/mol. The number of pyridine rings is 1. The summed E-state index contributed by atoms with van der Waals surface area (Å²) in [7, 11) is 1.90. The number of fused-ring (bicyclic) bond motifs is 1. The number of thioether (sulfide) groups is 1. The quantitative estimate of drug-likeness (QED) is 0.710. The highest BCUT2D eigenvalue weighted by molar-refractivity contribution is 8.00. The van der Waals surface area contributed by atoms with Crippen molar-refractivity contribution in [3.63, 3.8) is 0 Å². The van der Waals surface area contributed by atoms with Crippen LogP contribution in [0.4, 0.5) is 0 Å². The number of rotatable bonds is 3. The van der Waals surface area contributed by atoms with Crippen molar-refractivity contribution < 1.29 is 4.79 Å². The van der Waals surface area contributed by atoms with Gasteiger partial charge in [0.15, 0.2) is 5.65 Å². The molecule has 0 radical (unpaired) electrons. The molecule has 0 unspecified atom stereocenters. The summed E-state index contributed by atoms with van der Waals surface area (Å²) in [6, 6.07) is 10.5. The fraction of sp³-hybridized carbons (Fsp3) is 0.350. The maximum Gasteiger partial charge on any atom is 0.255 e. The third-order valence-electron chi connectivity index (χ3n) is 4.85. The van der Waals surface area contributed by atoms with Crippen LogP contribution in [-0.4, -0.2) is 43.7 Å². The summed E-state index contributed by atoms with van der Waals surface area (Å²) >= 11 is 1.92. The van der Waals surface area contributed by atoms with Crippen molar-refractivity contribution in [1.29, 1.82) is 0 Å². The second-order valence-corrected chi connectivity index (χ2v) is 8.22. The van der Waals surface area contributed by atoms with E-state index in [1.165, 1.54) is 10.5 Å². The summed E-state index contributed by atoms with van der Waals surface area (Å²) < 4.78 is 1.86. The average molecular weight is 366 g/mol. The molecule has 0 bridgehead atoms. The topological polar surface area (TPSA) is 51.0 Å². The number of hydrogen-bond donors (Lipinski definition) is 0. The molecule has 0 N–H and O–H groups in total. The molecule has 0 atom stereocenters. The van der Waals surface area contributed by atoms with Crippen molar-refractivity contribution in [3.8, 4) is 0 Å². The lowest BCUT2D eigenvalue weighted by molar-refractivity contribution is 0.0727. The van der Waals surface area contributed by atoms with Crippen molar-refractivity contribution in [1.82, 2.24) is 19.4 Å². The van der Waals surface area contributed by atoms with Gasteiger partial charge in [0.05, 0.1) is 11.9 Å². The zero-order valence-corrected chi connectivity index (χ0v) is 15.9. The predicted octanol–water partition coefficient (Wildman–Crippen LogP) is 3.67. The second kappa shape index (κ2) is 7.11. The van der Waals surface area contributed by atoms with Gasteiger partial charge in [-0.3, -0.25) is 4.79 Å². The Bertz CT molecular complexity index is 927. The molecule has 1 amide bonds.